The normalized spacial score (nSPS) is 10.1. The van der Waals surface area contributed by atoms with E-state index in [1.165, 1.54) is 7.11 Å². The maximum atomic E-state index is 11.4. The van der Waals surface area contributed by atoms with E-state index in [0.717, 1.165) is 6.26 Å². The summed E-state index contributed by atoms with van der Waals surface area (Å²) in [6, 6.07) is 4.89. The predicted molar refractivity (Wildman–Crippen MR) is 69.9 cm³/mol. The molecule has 2 aromatic rings. The molecule has 0 saturated heterocycles. The first-order valence-corrected chi connectivity index (χ1v) is 5.88. The Labute approximate surface area is 115 Å². The van der Waals surface area contributed by atoms with Crippen molar-refractivity contribution in [1.29, 1.82) is 0 Å². The van der Waals surface area contributed by atoms with Crippen LogP contribution in [-0.2, 0) is 4.74 Å². The van der Waals surface area contributed by atoms with E-state index in [-0.39, 0.29) is 18.4 Å². The Hall–Kier alpha value is -2.70. The van der Waals surface area contributed by atoms with E-state index in [1.54, 1.807) is 25.1 Å². The van der Waals surface area contributed by atoms with Crippen LogP contribution in [0.25, 0.3) is 0 Å². The van der Waals surface area contributed by atoms with Gasteiger partial charge in [0.2, 0.25) is 0 Å². The third kappa shape index (κ3) is 3.00. The molecule has 2 N–H and O–H groups in total. The number of nitrogens with two attached hydrogens (primary N) is 1. The van der Waals surface area contributed by atoms with Crippen LogP contribution in [-0.4, -0.2) is 24.7 Å². The molecule has 0 radical (unpaired) electrons. The number of carbonyl (C=O) groups is 1. The summed E-state index contributed by atoms with van der Waals surface area (Å²) >= 11 is 0. The quantitative estimate of drug-likeness (QED) is 0.661. The average Bonchev–Trinajstić information content (AvgIpc) is 2.88. The van der Waals surface area contributed by atoms with Crippen LogP contribution in [0, 0.1) is 0 Å². The molecule has 1 heterocycles. The van der Waals surface area contributed by atoms with Crippen molar-refractivity contribution in [3.05, 3.63) is 30.2 Å². The number of ether oxygens (including phenoxy) is 3. The van der Waals surface area contributed by atoms with Crippen molar-refractivity contribution in [2.45, 2.75) is 6.92 Å². The second-order valence-corrected chi connectivity index (χ2v) is 3.73. The number of hydrogen-bond acceptors (Lipinski definition) is 7. The molecular weight excluding hydrogens is 264 g/mol. The fourth-order valence-electron chi connectivity index (χ4n) is 1.47. The molecule has 1 aromatic carbocycles. The molecule has 0 aliphatic heterocycles. The van der Waals surface area contributed by atoms with Crippen molar-refractivity contribution in [3.63, 3.8) is 0 Å². The molecule has 0 amide bonds. The summed E-state index contributed by atoms with van der Waals surface area (Å²) in [6.45, 7) is 1.96. The first-order valence-electron chi connectivity index (χ1n) is 5.88. The van der Waals surface area contributed by atoms with E-state index in [9.17, 15) is 4.79 Å². The Bertz CT molecular complexity index is 609. The average molecular weight is 278 g/mol. The highest BCUT2D eigenvalue weighted by Crippen LogP contribution is 2.32. The van der Waals surface area contributed by atoms with Crippen LogP contribution < -0.4 is 15.2 Å². The number of oxazole rings is 1. The molecule has 7 heteroatoms. The van der Waals surface area contributed by atoms with Gasteiger partial charge in [0.05, 0.1) is 13.7 Å². The van der Waals surface area contributed by atoms with Gasteiger partial charge in [-0.25, -0.2) is 4.79 Å². The molecule has 0 aliphatic carbocycles. The molecule has 0 saturated carbocycles. The maximum Gasteiger partial charge on any atom is 0.400 e. The molecule has 20 heavy (non-hydrogen) atoms. The van der Waals surface area contributed by atoms with Gasteiger partial charge in [0.25, 0.3) is 0 Å². The zero-order valence-corrected chi connectivity index (χ0v) is 11.1. The number of nitrogen functional groups attached to an aromatic ring is 1. The van der Waals surface area contributed by atoms with Crippen molar-refractivity contribution < 1.29 is 23.4 Å². The minimum Gasteiger partial charge on any atom is -0.493 e. The van der Waals surface area contributed by atoms with Crippen molar-refractivity contribution in [1.82, 2.24) is 4.98 Å². The van der Waals surface area contributed by atoms with Gasteiger partial charge < -0.3 is 24.4 Å². The fourth-order valence-corrected chi connectivity index (χ4v) is 1.47. The number of methoxy groups -OCH3 is 1. The SMILES string of the molecule is CCOC(=O)c1coc(Oc2cc(N)ccc2OC)n1. The molecule has 1 aromatic heterocycles. The Balaban J connectivity index is 2.18. The Morgan fingerprint density at radius 1 is 1.40 bits per heavy atom. The lowest BCUT2D eigenvalue weighted by atomic mass is 10.3. The molecule has 7 nitrogen and oxygen atoms in total. The van der Waals surface area contributed by atoms with Crippen molar-refractivity contribution in [2.24, 2.45) is 0 Å². The topological polar surface area (TPSA) is 96.8 Å². The van der Waals surface area contributed by atoms with Crippen LogP contribution in [0.4, 0.5) is 5.69 Å². The molecule has 0 atom stereocenters. The first-order chi connectivity index (χ1) is 9.63. The zero-order valence-electron chi connectivity index (χ0n) is 11.1. The summed E-state index contributed by atoms with van der Waals surface area (Å²) in [5.41, 5.74) is 6.20. The van der Waals surface area contributed by atoms with Gasteiger partial charge >= 0.3 is 12.0 Å². The van der Waals surface area contributed by atoms with Crippen LogP contribution in [0.1, 0.15) is 17.4 Å². The highest BCUT2D eigenvalue weighted by molar-refractivity contribution is 5.86. The van der Waals surface area contributed by atoms with E-state index in [2.05, 4.69) is 4.98 Å². The van der Waals surface area contributed by atoms with Gasteiger partial charge in [-0.05, 0) is 19.1 Å². The largest absolute Gasteiger partial charge is 0.493 e. The lowest BCUT2D eigenvalue weighted by Crippen LogP contribution is -2.04. The number of carbonyl (C=O) groups excluding carboxylic acids is 1. The van der Waals surface area contributed by atoms with Crippen LogP contribution in [0.2, 0.25) is 0 Å². The number of esters is 1. The molecular formula is C13H14N2O5. The van der Waals surface area contributed by atoms with Gasteiger partial charge in [0.1, 0.15) is 6.26 Å². The van der Waals surface area contributed by atoms with Gasteiger partial charge in [-0.15, -0.1) is 0 Å². The summed E-state index contributed by atoms with van der Waals surface area (Å²) < 4.78 is 20.4. The summed E-state index contributed by atoms with van der Waals surface area (Å²) in [6.07, 6.45) is 1.06. The molecule has 106 valence electrons. The van der Waals surface area contributed by atoms with Crippen LogP contribution >= 0.6 is 0 Å². The summed E-state index contributed by atoms with van der Waals surface area (Å²) in [5.74, 6) is 0.227. The third-order valence-corrected chi connectivity index (χ3v) is 2.35. The van der Waals surface area contributed by atoms with Gasteiger partial charge in [-0.2, -0.15) is 4.98 Å². The molecule has 0 aliphatic rings. The van der Waals surface area contributed by atoms with E-state index in [4.69, 9.17) is 24.4 Å². The highest BCUT2D eigenvalue weighted by atomic mass is 16.6. The van der Waals surface area contributed by atoms with Gasteiger partial charge in [0, 0.05) is 11.8 Å². The summed E-state index contributed by atoms with van der Waals surface area (Å²) in [4.78, 5) is 15.3. The zero-order chi connectivity index (χ0) is 14.5. The standard InChI is InChI=1S/C13H14N2O5/c1-3-18-12(16)9-7-19-13(15-9)20-11-6-8(14)4-5-10(11)17-2/h4-7H,3,14H2,1-2H3. The van der Waals surface area contributed by atoms with Crippen molar-refractivity contribution in [2.75, 3.05) is 19.5 Å². The Morgan fingerprint density at radius 3 is 2.90 bits per heavy atom. The molecule has 0 bridgehead atoms. The number of benzene rings is 1. The lowest BCUT2D eigenvalue weighted by molar-refractivity contribution is 0.0519. The predicted octanol–water partition coefficient (Wildman–Crippen LogP) is 2.23. The molecule has 0 spiro atoms. The van der Waals surface area contributed by atoms with E-state index in [1.807, 2.05) is 0 Å². The molecule has 0 fully saturated rings. The monoisotopic (exact) mass is 278 g/mol. The van der Waals surface area contributed by atoms with E-state index >= 15 is 0 Å². The van der Waals surface area contributed by atoms with Crippen LogP contribution in [0.3, 0.4) is 0 Å². The van der Waals surface area contributed by atoms with E-state index < -0.39 is 5.97 Å². The minimum absolute atomic E-state index is 0.0321. The number of hydrogen-bond donors (Lipinski definition) is 1. The summed E-state index contributed by atoms with van der Waals surface area (Å²) in [5, 5.41) is 0. The first kappa shape index (κ1) is 13.7. The molecule has 0 unspecified atom stereocenters. The van der Waals surface area contributed by atoms with Crippen LogP contribution in [0.5, 0.6) is 17.6 Å². The van der Waals surface area contributed by atoms with Crippen molar-refractivity contribution >= 4 is 11.7 Å². The van der Waals surface area contributed by atoms with Gasteiger partial charge in [0.15, 0.2) is 17.2 Å². The second kappa shape index (κ2) is 5.96. The van der Waals surface area contributed by atoms with E-state index in [0.29, 0.717) is 17.2 Å². The number of aromatic nitrogens is 1. The third-order valence-electron chi connectivity index (χ3n) is 2.35. The number of rotatable bonds is 5. The number of nitrogens with zero attached hydrogens (tertiary/aromatic N) is 1. The van der Waals surface area contributed by atoms with Gasteiger partial charge in [-0.1, -0.05) is 0 Å². The minimum atomic E-state index is -0.578. The smallest absolute Gasteiger partial charge is 0.400 e. The Kier molecular flexibility index (Phi) is 4.09. The Morgan fingerprint density at radius 2 is 2.20 bits per heavy atom. The lowest BCUT2D eigenvalue weighted by Gasteiger charge is -2.07. The number of anilines is 1. The fraction of sp³-hybridized carbons (Fsp3) is 0.231. The molecule has 2 rings (SSSR count). The van der Waals surface area contributed by atoms with Crippen LogP contribution in [0.15, 0.2) is 28.9 Å². The highest BCUT2D eigenvalue weighted by Gasteiger charge is 2.16. The van der Waals surface area contributed by atoms with Gasteiger partial charge in [-0.3, -0.25) is 0 Å². The second-order valence-electron chi connectivity index (χ2n) is 3.73. The maximum absolute atomic E-state index is 11.4. The van der Waals surface area contributed by atoms with Crippen molar-refractivity contribution in [3.8, 4) is 17.6 Å². The summed E-state index contributed by atoms with van der Waals surface area (Å²) in [7, 11) is 1.50.